The van der Waals surface area contributed by atoms with Crippen molar-refractivity contribution < 1.29 is 18.3 Å². The number of rotatable bonds is 4. The number of aliphatic carboxylic acids is 1. The van der Waals surface area contributed by atoms with Crippen LogP contribution in [0, 0.1) is 5.41 Å². The molecule has 1 fully saturated rings. The van der Waals surface area contributed by atoms with Gasteiger partial charge in [0, 0.05) is 23.2 Å². The molecule has 3 atom stereocenters. The standard InChI is InChI=1S/C12H14BrNO4S/c1-19(17,18)10-9(12(10,6-14)11(15)16)7-2-4-8(13)5-3-7/h2-5,9-10H,6,14H2,1H3,(H,15,16)/t9-,10-,12+/m0/s1. The summed E-state index contributed by atoms with van der Waals surface area (Å²) in [5, 5.41) is 8.42. The van der Waals surface area contributed by atoms with Gasteiger partial charge in [-0.15, -0.1) is 0 Å². The van der Waals surface area contributed by atoms with Gasteiger partial charge in [0.1, 0.15) is 5.41 Å². The molecule has 104 valence electrons. The molecule has 2 rings (SSSR count). The van der Waals surface area contributed by atoms with E-state index in [4.69, 9.17) is 5.73 Å². The predicted molar refractivity (Wildman–Crippen MR) is 74.6 cm³/mol. The number of sulfone groups is 1. The van der Waals surface area contributed by atoms with Crippen molar-refractivity contribution in [2.75, 3.05) is 12.8 Å². The van der Waals surface area contributed by atoms with Gasteiger partial charge in [-0.1, -0.05) is 28.1 Å². The summed E-state index contributed by atoms with van der Waals surface area (Å²) < 4.78 is 24.4. The van der Waals surface area contributed by atoms with Crippen molar-refractivity contribution in [1.82, 2.24) is 0 Å². The number of carboxylic acids is 1. The minimum absolute atomic E-state index is 0.194. The summed E-state index contributed by atoms with van der Waals surface area (Å²) in [5.41, 5.74) is 4.85. The molecule has 0 aromatic heterocycles. The number of nitrogens with two attached hydrogens (primary N) is 1. The Balaban J connectivity index is 2.50. The lowest BCUT2D eigenvalue weighted by molar-refractivity contribution is -0.143. The highest BCUT2D eigenvalue weighted by molar-refractivity contribution is 9.10. The topological polar surface area (TPSA) is 97.5 Å². The second kappa shape index (κ2) is 4.57. The number of benzene rings is 1. The molecule has 1 aliphatic carbocycles. The van der Waals surface area contributed by atoms with Crippen molar-refractivity contribution in [1.29, 1.82) is 0 Å². The molecule has 0 heterocycles. The first-order chi connectivity index (χ1) is 8.75. The summed E-state index contributed by atoms with van der Waals surface area (Å²) in [4.78, 5) is 11.5. The van der Waals surface area contributed by atoms with Crippen LogP contribution in [-0.4, -0.2) is 37.5 Å². The van der Waals surface area contributed by atoms with E-state index in [1.165, 1.54) is 0 Å². The average molecular weight is 348 g/mol. The molecule has 19 heavy (non-hydrogen) atoms. The molecule has 0 bridgehead atoms. The van der Waals surface area contributed by atoms with Gasteiger partial charge in [-0.05, 0) is 17.7 Å². The van der Waals surface area contributed by atoms with E-state index >= 15 is 0 Å². The summed E-state index contributed by atoms with van der Waals surface area (Å²) in [6.07, 6.45) is 1.06. The van der Waals surface area contributed by atoms with Crippen LogP contribution < -0.4 is 5.73 Å². The van der Waals surface area contributed by atoms with Crippen molar-refractivity contribution in [2.24, 2.45) is 11.1 Å². The Bertz CT molecular complexity index is 613. The number of carbonyl (C=O) groups is 1. The van der Waals surface area contributed by atoms with Gasteiger partial charge in [0.15, 0.2) is 9.84 Å². The molecule has 1 aliphatic rings. The molecule has 5 nitrogen and oxygen atoms in total. The van der Waals surface area contributed by atoms with E-state index in [1.807, 2.05) is 0 Å². The van der Waals surface area contributed by atoms with Gasteiger partial charge in [0.2, 0.25) is 0 Å². The monoisotopic (exact) mass is 347 g/mol. The third-order valence-corrected chi connectivity index (χ3v) is 5.83. The molecule has 1 saturated carbocycles. The third-order valence-electron chi connectivity index (χ3n) is 3.68. The Kier molecular flexibility index (Phi) is 3.49. The lowest BCUT2D eigenvalue weighted by Crippen LogP contribution is -2.31. The molecule has 0 saturated heterocycles. The Morgan fingerprint density at radius 2 is 1.95 bits per heavy atom. The zero-order valence-corrected chi connectivity index (χ0v) is 12.6. The highest BCUT2D eigenvalue weighted by Gasteiger charge is 2.74. The summed E-state index contributed by atoms with van der Waals surface area (Å²) in [7, 11) is -3.47. The fraction of sp³-hybridized carbons (Fsp3) is 0.417. The van der Waals surface area contributed by atoms with Crippen LogP contribution in [0.3, 0.4) is 0 Å². The second-order valence-electron chi connectivity index (χ2n) is 4.83. The summed E-state index contributed by atoms with van der Waals surface area (Å²) in [6, 6.07) is 6.98. The van der Waals surface area contributed by atoms with E-state index in [0.29, 0.717) is 5.56 Å². The highest BCUT2D eigenvalue weighted by atomic mass is 79.9. The minimum Gasteiger partial charge on any atom is -0.481 e. The maximum absolute atomic E-state index is 11.8. The first kappa shape index (κ1) is 14.5. The molecule has 7 heteroatoms. The first-order valence-corrected chi connectivity index (χ1v) is 8.37. The lowest BCUT2D eigenvalue weighted by atomic mass is 9.99. The van der Waals surface area contributed by atoms with Crippen molar-refractivity contribution in [3.63, 3.8) is 0 Å². The normalized spacial score (nSPS) is 30.1. The highest BCUT2D eigenvalue weighted by Crippen LogP contribution is 2.62. The van der Waals surface area contributed by atoms with E-state index in [9.17, 15) is 18.3 Å². The zero-order chi connectivity index (χ0) is 14.4. The Labute approximate surface area is 119 Å². The lowest BCUT2D eigenvalue weighted by Gasteiger charge is -2.09. The Morgan fingerprint density at radius 1 is 1.42 bits per heavy atom. The smallest absolute Gasteiger partial charge is 0.312 e. The molecule has 1 aromatic carbocycles. The van der Waals surface area contributed by atoms with Gasteiger partial charge >= 0.3 is 5.97 Å². The predicted octanol–water partition coefficient (Wildman–Crippen LogP) is 0.989. The van der Waals surface area contributed by atoms with E-state index in [2.05, 4.69) is 15.9 Å². The van der Waals surface area contributed by atoms with Crippen molar-refractivity contribution in [3.8, 4) is 0 Å². The van der Waals surface area contributed by atoms with Gasteiger partial charge in [0.25, 0.3) is 0 Å². The molecule has 1 aromatic rings. The molecule has 0 spiro atoms. The second-order valence-corrected chi connectivity index (χ2v) is 7.91. The van der Waals surface area contributed by atoms with Crippen molar-refractivity contribution in [3.05, 3.63) is 34.3 Å². The van der Waals surface area contributed by atoms with Gasteiger partial charge in [-0.25, -0.2) is 8.42 Å². The minimum atomic E-state index is -3.47. The molecule has 0 radical (unpaired) electrons. The van der Waals surface area contributed by atoms with Gasteiger partial charge < -0.3 is 10.8 Å². The molecule has 0 unspecified atom stereocenters. The van der Waals surface area contributed by atoms with E-state index in [-0.39, 0.29) is 6.54 Å². The van der Waals surface area contributed by atoms with Crippen LogP contribution in [0.5, 0.6) is 0 Å². The van der Waals surface area contributed by atoms with E-state index < -0.39 is 32.4 Å². The van der Waals surface area contributed by atoms with Crippen LogP contribution in [0.1, 0.15) is 11.5 Å². The van der Waals surface area contributed by atoms with Crippen LogP contribution in [-0.2, 0) is 14.6 Å². The molecule has 0 amide bonds. The van der Waals surface area contributed by atoms with Crippen molar-refractivity contribution in [2.45, 2.75) is 11.2 Å². The van der Waals surface area contributed by atoms with Gasteiger partial charge in [0.05, 0.1) is 5.25 Å². The largest absolute Gasteiger partial charge is 0.481 e. The molecular weight excluding hydrogens is 334 g/mol. The summed E-state index contributed by atoms with van der Waals surface area (Å²) in [6.45, 7) is -0.194. The summed E-state index contributed by atoms with van der Waals surface area (Å²) in [5.74, 6) is -1.74. The van der Waals surface area contributed by atoms with E-state index in [0.717, 1.165) is 10.7 Å². The van der Waals surface area contributed by atoms with Crippen LogP contribution in [0.25, 0.3) is 0 Å². The number of hydrogen-bond acceptors (Lipinski definition) is 4. The molecular formula is C12H14BrNO4S. The number of hydrogen-bond donors (Lipinski definition) is 2. The van der Waals surface area contributed by atoms with Gasteiger partial charge in [-0.2, -0.15) is 0 Å². The SMILES string of the molecule is CS(=O)(=O)[C@H]1[C@H](c2ccc(Br)cc2)[C@@]1(CN)C(=O)O. The fourth-order valence-corrected chi connectivity index (χ4v) is 4.95. The zero-order valence-electron chi connectivity index (χ0n) is 10.2. The quantitative estimate of drug-likeness (QED) is 0.846. The number of halogens is 1. The summed E-state index contributed by atoms with van der Waals surface area (Å²) >= 11 is 3.28. The Morgan fingerprint density at radius 3 is 2.26 bits per heavy atom. The average Bonchev–Trinajstić information content (AvgIpc) is 3.00. The first-order valence-electron chi connectivity index (χ1n) is 5.63. The van der Waals surface area contributed by atoms with Gasteiger partial charge in [-0.3, -0.25) is 4.79 Å². The number of carboxylic acid groups (broad SMARTS) is 1. The van der Waals surface area contributed by atoms with Crippen LogP contribution in [0.4, 0.5) is 0 Å². The Hall–Kier alpha value is -0.920. The maximum atomic E-state index is 11.8. The van der Waals surface area contributed by atoms with Crippen molar-refractivity contribution >= 4 is 31.7 Å². The maximum Gasteiger partial charge on any atom is 0.312 e. The fourth-order valence-electron chi connectivity index (χ4n) is 2.76. The van der Waals surface area contributed by atoms with Crippen LogP contribution >= 0.6 is 15.9 Å². The van der Waals surface area contributed by atoms with Crippen LogP contribution in [0.2, 0.25) is 0 Å². The third kappa shape index (κ3) is 2.19. The molecule has 0 aliphatic heterocycles. The molecule has 3 N–H and O–H groups in total. The van der Waals surface area contributed by atoms with Crippen LogP contribution in [0.15, 0.2) is 28.7 Å². The van der Waals surface area contributed by atoms with E-state index in [1.54, 1.807) is 24.3 Å².